The van der Waals surface area contributed by atoms with Crippen LogP contribution >= 0.6 is 12.2 Å². The number of amides is 1. The first-order valence-electron chi connectivity index (χ1n) is 13.0. The van der Waals surface area contributed by atoms with Gasteiger partial charge in [-0.2, -0.15) is 0 Å². The Kier molecular flexibility index (Phi) is 7.31. The Hall–Kier alpha value is -1.92. The minimum atomic E-state index is 0.209. The standard InChI is InChI=1S/C27H38N4OS/c32-26(31-16-14-21(15-17-31)20-6-2-1-3-7-20)22-12-10-19(11-13-22)18-28-25-23-8-4-5-9-24(23)29-27(33)30-25/h1-3,6-7,14,19,22-25,28H,4-5,8-13,15-18H2,(H2,29,30,33). The van der Waals surface area contributed by atoms with Crippen molar-refractivity contribution in [3.05, 3.63) is 42.0 Å². The van der Waals surface area contributed by atoms with E-state index in [1.54, 1.807) is 0 Å². The van der Waals surface area contributed by atoms with Crippen LogP contribution in [0.5, 0.6) is 0 Å². The van der Waals surface area contributed by atoms with E-state index in [-0.39, 0.29) is 5.92 Å². The fourth-order valence-electron chi connectivity index (χ4n) is 6.35. The molecule has 0 radical (unpaired) electrons. The van der Waals surface area contributed by atoms with Crippen LogP contribution in [0.1, 0.15) is 63.4 Å². The van der Waals surface area contributed by atoms with Gasteiger partial charge in [0.15, 0.2) is 5.11 Å². The molecule has 5 nitrogen and oxygen atoms in total. The SMILES string of the molecule is O=C(C1CCC(CNC2NC(=S)NC3CCCCC32)CC1)N1CC=C(c2ccccc2)CC1. The van der Waals surface area contributed by atoms with Crippen molar-refractivity contribution in [3.8, 4) is 0 Å². The summed E-state index contributed by atoms with van der Waals surface area (Å²) in [7, 11) is 0. The number of benzene rings is 1. The topological polar surface area (TPSA) is 56.4 Å². The predicted molar refractivity (Wildman–Crippen MR) is 137 cm³/mol. The maximum absolute atomic E-state index is 13.2. The molecular formula is C27H38N4OS. The molecule has 2 saturated carbocycles. The first-order valence-corrected chi connectivity index (χ1v) is 13.4. The van der Waals surface area contributed by atoms with E-state index in [2.05, 4.69) is 57.3 Å². The largest absolute Gasteiger partial charge is 0.360 e. The maximum atomic E-state index is 13.2. The molecule has 0 bridgehead atoms. The lowest BCUT2D eigenvalue weighted by Gasteiger charge is -2.44. The van der Waals surface area contributed by atoms with Gasteiger partial charge in [0.25, 0.3) is 0 Å². The smallest absolute Gasteiger partial charge is 0.225 e. The van der Waals surface area contributed by atoms with Gasteiger partial charge in [0, 0.05) is 31.0 Å². The molecule has 0 aromatic heterocycles. The molecule has 3 fully saturated rings. The lowest BCUT2D eigenvalue weighted by molar-refractivity contribution is -0.136. The molecule has 1 aromatic carbocycles. The first-order chi connectivity index (χ1) is 16.2. The molecule has 178 valence electrons. The highest BCUT2D eigenvalue weighted by atomic mass is 32.1. The van der Waals surface area contributed by atoms with Crippen molar-refractivity contribution in [1.29, 1.82) is 0 Å². The molecule has 3 atom stereocenters. The van der Waals surface area contributed by atoms with Gasteiger partial charge in [0.1, 0.15) is 0 Å². The van der Waals surface area contributed by atoms with Crippen molar-refractivity contribution in [2.45, 2.75) is 70.0 Å². The highest BCUT2D eigenvalue weighted by molar-refractivity contribution is 7.80. The van der Waals surface area contributed by atoms with E-state index in [0.29, 0.717) is 30.0 Å². The molecule has 6 heteroatoms. The summed E-state index contributed by atoms with van der Waals surface area (Å²) in [5, 5.41) is 11.6. The predicted octanol–water partition coefficient (Wildman–Crippen LogP) is 4.06. The van der Waals surface area contributed by atoms with Gasteiger partial charge >= 0.3 is 0 Å². The van der Waals surface area contributed by atoms with Crippen molar-refractivity contribution in [3.63, 3.8) is 0 Å². The van der Waals surface area contributed by atoms with Gasteiger partial charge in [0.2, 0.25) is 5.91 Å². The number of nitrogens with one attached hydrogen (secondary N) is 3. The fraction of sp³-hybridized carbons (Fsp3) is 0.630. The first kappa shape index (κ1) is 22.9. The number of thiocarbonyl (C=S) groups is 1. The fourth-order valence-corrected chi connectivity index (χ4v) is 6.63. The quantitative estimate of drug-likeness (QED) is 0.572. The molecule has 2 aliphatic heterocycles. The normalized spacial score (nSPS) is 32.2. The van der Waals surface area contributed by atoms with E-state index in [9.17, 15) is 4.79 Å². The van der Waals surface area contributed by atoms with Crippen LogP contribution < -0.4 is 16.0 Å². The minimum Gasteiger partial charge on any atom is -0.360 e. The minimum absolute atomic E-state index is 0.209. The Bertz CT molecular complexity index is 864. The van der Waals surface area contributed by atoms with Crippen LogP contribution in [0, 0.1) is 17.8 Å². The van der Waals surface area contributed by atoms with Gasteiger partial charge in [-0.25, -0.2) is 0 Å². The number of hydrogen-bond acceptors (Lipinski definition) is 3. The molecule has 3 N–H and O–H groups in total. The number of hydrogen-bond donors (Lipinski definition) is 3. The second-order valence-electron chi connectivity index (χ2n) is 10.4. The third kappa shape index (κ3) is 5.43. The molecule has 5 rings (SSSR count). The van der Waals surface area contributed by atoms with Crippen molar-refractivity contribution in [2.24, 2.45) is 17.8 Å². The van der Waals surface area contributed by atoms with Crippen LogP contribution in [0.3, 0.4) is 0 Å². The second-order valence-corrected chi connectivity index (χ2v) is 10.8. The summed E-state index contributed by atoms with van der Waals surface area (Å²) in [5.74, 6) is 1.86. The van der Waals surface area contributed by atoms with E-state index >= 15 is 0 Å². The van der Waals surface area contributed by atoms with Gasteiger partial charge in [0.05, 0.1) is 6.17 Å². The third-order valence-corrected chi connectivity index (χ3v) is 8.57. The Balaban J connectivity index is 1.07. The molecule has 4 aliphatic rings. The molecular weight excluding hydrogens is 428 g/mol. The Labute approximate surface area is 203 Å². The number of carbonyl (C=O) groups excluding carboxylic acids is 1. The van der Waals surface area contributed by atoms with Crippen LogP contribution in [-0.2, 0) is 4.79 Å². The molecule has 33 heavy (non-hydrogen) atoms. The summed E-state index contributed by atoms with van der Waals surface area (Å²) in [5.41, 5.74) is 2.67. The third-order valence-electron chi connectivity index (χ3n) is 8.34. The Morgan fingerprint density at radius 3 is 2.58 bits per heavy atom. The zero-order valence-electron chi connectivity index (χ0n) is 19.6. The van der Waals surface area contributed by atoms with E-state index < -0.39 is 0 Å². The average molecular weight is 467 g/mol. The van der Waals surface area contributed by atoms with E-state index in [0.717, 1.165) is 56.9 Å². The summed E-state index contributed by atoms with van der Waals surface area (Å²) < 4.78 is 0. The van der Waals surface area contributed by atoms with Crippen molar-refractivity contribution >= 4 is 28.8 Å². The van der Waals surface area contributed by atoms with Gasteiger partial charge in [-0.3, -0.25) is 10.1 Å². The average Bonchev–Trinajstić information content (AvgIpc) is 2.88. The highest BCUT2D eigenvalue weighted by Gasteiger charge is 2.37. The number of fused-ring (bicyclic) bond motifs is 1. The molecule has 1 aromatic rings. The van der Waals surface area contributed by atoms with Crippen LogP contribution in [-0.4, -0.2) is 47.8 Å². The summed E-state index contributed by atoms with van der Waals surface area (Å²) in [6, 6.07) is 11.1. The number of carbonyl (C=O) groups is 1. The van der Waals surface area contributed by atoms with Crippen LogP contribution in [0.2, 0.25) is 0 Å². The molecule has 1 saturated heterocycles. The summed E-state index contributed by atoms with van der Waals surface area (Å²) in [6.45, 7) is 2.64. The van der Waals surface area contributed by atoms with Crippen LogP contribution in [0.4, 0.5) is 0 Å². The molecule has 1 amide bonds. The molecule has 3 unspecified atom stereocenters. The molecule has 0 spiro atoms. The van der Waals surface area contributed by atoms with E-state index in [1.807, 2.05) is 0 Å². The summed E-state index contributed by atoms with van der Waals surface area (Å²) >= 11 is 5.45. The van der Waals surface area contributed by atoms with Crippen LogP contribution in [0.15, 0.2) is 36.4 Å². The lowest BCUT2D eigenvalue weighted by Crippen LogP contribution is -2.65. The summed E-state index contributed by atoms with van der Waals surface area (Å²) in [6.07, 6.45) is 13.0. The number of nitrogens with zero attached hydrogens (tertiary/aromatic N) is 1. The van der Waals surface area contributed by atoms with Gasteiger partial charge < -0.3 is 15.5 Å². The zero-order valence-corrected chi connectivity index (χ0v) is 20.4. The zero-order chi connectivity index (χ0) is 22.6. The maximum Gasteiger partial charge on any atom is 0.225 e. The van der Waals surface area contributed by atoms with Crippen molar-refractivity contribution < 1.29 is 4.79 Å². The van der Waals surface area contributed by atoms with E-state index in [1.165, 1.54) is 36.8 Å². The monoisotopic (exact) mass is 466 g/mol. The van der Waals surface area contributed by atoms with Crippen molar-refractivity contribution in [1.82, 2.24) is 20.9 Å². The molecule has 2 heterocycles. The Morgan fingerprint density at radius 1 is 1.03 bits per heavy atom. The Morgan fingerprint density at radius 2 is 1.82 bits per heavy atom. The van der Waals surface area contributed by atoms with Crippen molar-refractivity contribution in [2.75, 3.05) is 19.6 Å². The second kappa shape index (κ2) is 10.6. The highest BCUT2D eigenvalue weighted by Crippen LogP contribution is 2.32. The van der Waals surface area contributed by atoms with E-state index in [4.69, 9.17) is 12.2 Å². The van der Waals surface area contributed by atoms with Gasteiger partial charge in [-0.15, -0.1) is 0 Å². The van der Waals surface area contributed by atoms with Gasteiger partial charge in [-0.1, -0.05) is 49.2 Å². The molecule has 2 aliphatic carbocycles. The lowest BCUT2D eigenvalue weighted by atomic mass is 9.79. The summed E-state index contributed by atoms with van der Waals surface area (Å²) in [4.78, 5) is 15.2. The van der Waals surface area contributed by atoms with Crippen LogP contribution in [0.25, 0.3) is 5.57 Å². The van der Waals surface area contributed by atoms with Gasteiger partial charge in [-0.05, 0) is 80.8 Å². The number of rotatable bonds is 5.